The Kier molecular flexibility index (Phi) is 7.33. The highest BCUT2D eigenvalue weighted by molar-refractivity contribution is 7.90. The first-order chi connectivity index (χ1) is 8.24. The topological polar surface area (TPSA) is 113 Å². The van der Waals surface area contributed by atoms with Crippen LogP contribution in [0.2, 0.25) is 0 Å². The van der Waals surface area contributed by atoms with Gasteiger partial charge in [0.25, 0.3) is 0 Å². The average Bonchev–Trinajstić information content (AvgIpc) is 2.14. The highest BCUT2D eigenvalue weighted by atomic mass is 32.2. The van der Waals surface area contributed by atoms with Crippen LogP contribution in [-0.2, 0) is 14.6 Å². The van der Waals surface area contributed by atoms with Gasteiger partial charge in [0, 0.05) is 18.8 Å². The molecule has 0 aliphatic heterocycles. The number of carboxylic acid groups (broad SMARTS) is 1. The Labute approximate surface area is 107 Å². The van der Waals surface area contributed by atoms with Gasteiger partial charge in [-0.15, -0.1) is 0 Å². The van der Waals surface area contributed by atoms with Gasteiger partial charge in [0.05, 0.1) is 12.2 Å². The molecule has 7 nitrogen and oxygen atoms in total. The summed E-state index contributed by atoms with van der Waals surface area (Å²) in [5.74, 6) is -1.12. The van der Waals surface area contributed by atoms with Crippen molar-refractivity contribution < 1.29 is 23.1 Å². The lowest BCUT2D eigenvalue weighted by molar-refractivity contribution is -0.137. The van der Waals surface area contributed by atoms with Crippen LogP contribution in [0.15, 0.2) is 0 Å². The van der Waals surface area contributed by atoms with Crippen LogP contribution in [0.3, 0.4) is 0 Å². The average molecular weight is 280 g/mol. The second kappa shape index (κ2) is 7.91. The van der Waals surface area contributed by atoms with Crippen molar-refractivity contribution in [3.05, 3.63) is 0 Å². The molecule has 18 heavy (non-hydrogen) atoms. The summed E-state index contributed by atoms with van der Waals surface area (Å²) in [7, 11) is -3.11. The monoisotopic (exact) mass is 280 g/mol. The molecule has 1 atom stereocenters. The number of nitrogens with one attached hydrogen (secondary N) is 2. The molecule has 1 unspecified atom stereocenters. The minimum atomic E-state index is -3.11. The highest BCUT2D eigenvalue weighted by Crippen LogP contribution is 2.01. The molecule has 0 aliphatic rings. The van der Waals surface area contributed by atoms with Crippen molar-refractivity contribution in [3.63, 3.8) is 0 Å². The van der Waals surface area contributed by atoms with E-state index in [-0.39, 0.29) is 18.7 Å². The molecular formula is C10H20N2O5S. The Morgan fingerprint density at radius 3 is 2.39 bits per heavy atom. The molecule has 0 bridgehead atoms. The molecule has 0 fully saturated rings. The fraction of sp³-hybridized carbons (Fsp3) is 0.800. The van der Waals surface area contributed by atoms with Gasteiger partial charge < -0.3 is 15.7 Å². The van der Waals surface area contributed by atoms with Crippen molar-refractivity contribution in [2.75, 3.05) is 18.6 Å². The number of rotatable bonds is 8. The van der Waals surface area contributed by atoms with Crippen LogP contribution >= 0.6 is 0 Å². The van der Waals surface area contributed by atoms with E-state index in [1.54, 1.807) is 0 Å². The van der Waals surface area contributed by atoms with E-state index < -0.39 is 27.9 Å². The lowest BCUT2D eigenvalue weighted by atomic mass is 10.1. The zero-order chi connectivity index (χ0) is 14.2. The zero-order valence-electron chi connectivity index (χ0n) is 10.6. The number of carbonyl (C=O) groups is 2. The molecule has 3 N–H and O–H groups in total. The lowest BCUT2D eigenvalue weighted by Crippen LogP contribution is -2.44. The SMILES string of the molecule is CCCC(CC(=O)O)NC(=O)NCCS(C)(=O)=O. The number of hydrogen-bond acceptors (Lipinski definition) is 4. The highest BCUT2D eigenvalue weighted by Gasteiger charge is 2.15. The molecule has 106 valence electrons. The van der Waals surface area contributed by atoms with E-state index in [9.17, 15) is 18.0 Å². The van der Waals surface area contributed by atoms with Crippen molar-refractivity contribution in [2.45, 2.75) is 32.2 Å². The summed E-state index contributed by atoms with van der Waals surface area (Å²) in [5.41, 5.74) is 0. The van der Waals surface area contributed by atoms with Gasteiger partial charge in [0.15, 0.2) is 0 Å². The van der Waals surface area contributed by atoms with Gasteiger partial charge in [0.1, 0.15) is 9.84 Å². The summed E-state index contributed by atoms with van der Waals surface area (Å²) in [6.45, 7) is 1.90. The molecule has 0 aromatic heterocycles. The van der Waals surface area contributed by atoms with E-state index in [0.717, 1.165) is 12.7 Å². The van der Waals surface area contributed by atoms with Crippen molar-refractivity contribution in [1.29, 1.82) is 0 Å². The first-order valence-corrected chi connectivity index (χ1v) is 7.74. The molecule has 0 saturated heterocycles. The number of amides is 2. The molecule has 0 aromatic rings. The third kappa shape index (κ3) is 9.88. The van der Waals surface area contributed by atoms with Gasteiger partial charge in [-0.3, -0.25) is 4.79 Å². The summed E-state index contributed by atoms with van der Waals surface area (Å²) >= 11 is 0. The number of hydrogen-bond donors (Lipinski definition) is 3. The van der Waals surface area contributed by atoms with Crippen molar-refractivity contribution in [3.8, 4) is 0 Å². The summed E-state index contributed by atoms with van der Waals surface area (Å²) in [6.07, 6.45) is 2.25. The second-order valence-electron chi connectivity index (χ2n) is 4.11. The Morgan fingerprint density at radius 1 is 1.33 bits per heavy atom. The first kappa shape index (κ1) is 16.7. The fourth-order valence-corrected chi connectivity index (χ4v) is 1.84. The van der Waals surface area contributed by atoms with E-state index in [0.29, 0.717) is 6.42 Å². The molecule has 0 radical (unpaired) electrons. The number of urea groups is 1. The van der Waals surface area contributed by atoms with Gasteiger partial charge in [-0.2, -0.15) is 0 Å². The van der Waals surface area contributed by atoms with Crippen LogP contribution in [0.4, 0.5) is 4.79 Å². The number of carbonyl (C=O) groups excluding carboxylic acids is 1. The first-order valence-electron chi connectivity index (χ1n) is 5.68. The molecule has 0 aliphatic carbocycles. The summed E-state index contributed by atoms with van der Waals surface area (Å²) < 4.78 is 21.7. The number of carboxylic acids is 1. The number of aliphatic carboxylic acids is 1. The summed E-state index contributed by atoms with van der Waals surface area (Å²) in [5, 5.41) is 13.5. The van der Waals surface area contributed by atoms with E-state index in [1.165, 1.54) is 0 Å². The predicted molar refractivity (Wildman–Crippen MR) is 67.2 cm³/mol. The van der Waals surface area contributed by atoms with Crippen LogP contribution in [0, 0.1) is 0 Å². The maximum Gasteiger partial charge on any atom is 0.315 e. The molecule has 0 heterocycles. The van der Waals surface area contributed by atoms with Crippen molar-refractivity contribution in [2.24, 2.45) is 0 Å². The van der Waals surface area contributed by atoms with Crippen LogP contribution in [-0.4, -0.2) is 50.1 Å². The van der Waals surface area contributed by atoms with E-state index >= 15 is 0 Å². The molecular weight excluding hydrogens is 260 g/mol. The van der Waals surface area contributed by atoms with Crippen molar-refractivity contribution >= 4 is 21.8 Å². The zero-order valence-corrected chi connectivity index (χ0v) is 11.4. The van der Waals surface area contributed by atoms with Crippen LogP contribution in [0.5, 0.6) is 0 Å². The van der Waals surface area contributed by atoms with Gasteiger partial charge in [-0.1, -0.05) is 13.3 Å². The standard InChI is InChI=1S/C10H20N2O5S/c1-3-4-8(7-9(13)14)12-10(15)11-5-6-18(2,16)17/h8H,3-7H2,1-2H3,(H,13,14)(H2,11,12,15). The number of sulfone groups is 1. The maximum absolute atomic E-state index is 11.4. The van der Waals surface area contributed by atoms with Gasteiger partial charge in [0.2, 0.25) is 0 Å². The maximum atomic E-state index is 11.4. The van der Waals surface area contributed by atoms with E-state index in [2.05, 4.69) is 10.6 Å². The van der Waals surface area contributed by atoms with Gasteiger partial charge in [-0.05, 0) is 6.42 Å². The summed E-state index contributed by atoms with van der Waals surface area (Å²) in [6, 6.07) is -0.982. The molecule has 0 rings (SSSR count). The Morgan fingerprint density at radius 2 is 1.94 bits per heavy atom. The molecule has 0 spiro atoms. The van der Waals surface area contributed by atoms with Gasteiger partial charge in [-0.25, -0.2) is 13.2 Å². The largest absolute Gasteiger partial charge is 0.481 e. The fourth-order valence-electron chi connectivity index (χ4n) is 1.37. The van der Waals surface area contributed by atoms with E-state index in [4.69, 9.17) is 5.11 Å². The third-order valence-electron chi connectivity index (χ3n) is 2.15. The quantitative estimate of drug-likeness (QED) is 0.578. The van der Waals surface area contributed by atoms with Crippen LogP contribution < -0.4 is 10.6 Å². The minimum Gasteiger partial charge on any atom is -0.481 e. The smallest absolute Gasteiger partial charge is 0.315 e. The normalized spacial score (nSPS) is 12.8. The lowest BCUT2D eigenvalue weighted by Gasteiger charge is -2.16. The second-order valence-corrected chi connectivity index (χ2v) is 6.37. The van der Waals surface area contributed by atoms with Crippen LogP contribution in [0.1, 0.15) is 26.2 Å². The minimum absolute atomic E-state index is 0.0105. The summed E-state index contributed by atoms with van der Waals surface area (Å²) in [4.78, 5) is 21.9. The molecule has 2 amide bonds. The Bertz CT molecular complexity index is 380. The Balaban J connectivity index is 4.05. The van der Waals surface area contributed by atoms with Crippen LogP contribution in [0.25, 0.3) is 0 Å². The molecule has 8 heteroatoms. The third-order valence-corrected chi connectivity index (χ3v) is 3.10. The molecule has 0 saturated carbocycles. The predicted octanol–water partition coefficient (Wildman–Crippen LogP) is -0.0264. The van der Waals surface area contributed by atoms with E-state index in [1.807, 2.05) is 6.92 Å². The Hall–Kier alpha value is -1.31. The molecule has 0 aromatic carbocycles. The van der Waals surface area contributed by atoms with Gasteiger partial charge >= 0.3 is 12.0 Å². The van der Waals surface area contributed by atoms with Crippen molar-refractivity contribution in [1.82, 2.24) is 10.6 Å².